The van der Waals surface area contributed by atoms with E-state index in [4.69, 9.17) is 0 Å². The molecule has 0 saturated heterocycles. The number of fused-ring (bicyclic) bond motifs is 8. The Bertz CT molecular complexity index is 1090. The molecule has 0 fully saturated rings. The zero-order valence-corrected chi connectivity index (χ0v) is 14.9. The first-order valence-corrected chi connectivity index (χ1v) is 9.83. The highest BCUT2D eigenvalue weighted by Crippen LogP contribution is 2.40. The predicted octanol–water partition coefficient (Wildman–Crippen LogP) is 3.39. The molecule has 1 aliphatic rings. The molecule has 0 saturated carbocycles. The third kappa shape index (κ3) is 1.89. The lowest BCUT2D eigenvalue weighted by atomic mass is 9.89. The van der Waals surface area contributed by atoms with Crippen LogP contribution < -0.4 is 0 Å². The minimum absolute atomic E-state index is 0.730. The summed E-state index contributed by atoms with van der Waals surface area (Å²) in [5.41, 5.74) is 2.35. The molecule has 0 bridgehead atoms. The highest BCUT2D eigenvalue weighted by Gasteiger charge is 2.26. The largest absolute Gasteiger partial charge is 0.260 e. The van der Waals surface area contributed by atoms with Crippen LogP contribution >= 0.6 is 23.1 Å². The Balaban J connectivity index is 1.92. The summed E-state index contributed by atoms with van der Waals surface area (Å²) < 4.78 is 3.96. The van der Waals surface area contributed by atoms with Gasteiger partial charge in [-0.25, -0.2) is 9.38 Å². The van der Waals surface area contributed by atoms with Crippen molar-refractivity contribution in [2.75, 3.05) is 5.75 Å². The van der Waals surface area contributed by atoms with E-state index >= 15 is 0 Å². The maximum Gasteiger partial charge on any atom is 0.260 e. The van der Waals surface area contributed by atoms with Gasteiger partial charge in [0.1, 0.15) is 11.2 Å². The third-order valence-electron chi connectivity index (χ3n) is 4.60. The Kier molecular flexibility index (Phi) is 3.18. The van der Waals surface area contributed by atoms with Crippen molar-refractivity contribution in [3.05, 3.63) is 29.4 Å². The Morgan fingerprint density at radius 1 is 1.46 bits per heavy atom. The minimum Gasteiger partial charge on any atom is -0.244 e. The minimum atomic E-state index is 0.730. The first-order chi connectivity index (χ1) is 11.8. The van der Waals surface area contributed by atoms with Crippen molar-refractivity contribution in [1.29, 1.82) is 0 Å². The first kappa shape index (κ1) is 14.4. The maximum absolute atomic E-state index is 4.52. The van der Waals surface area contributed by atoms with Crippen molar-refractivity contribution in [1.82, 2.24) is 29.2 Å². The van der Waals surface area contributed by atoms with Gasteiger partial charge in [-0.2, -0.15) is 9.61 Å². The van der Waals surface area contributed by atoms with E-state index in [1.54, 1.807) is 18.1 Å². The maximum atomic E-state index is 4.52. The Morgan fingerprint density at radius 2 is 2.38 bits per heavy atom. The van der Waals surface area contributed by atoms with Crippen molar-refractivity contribution < 1.29 is 0 Å². The van der Waals surface area contributed by atoms with Crippen molar-refractivity contribution in [2.24, 2.45) is 5.92 Å². The smallest absolute Gasteiger partial charge is 0.244 e. The van der Waals surface area contributed by atoms with Gasteiger partial charge in [0.25, 0.3) is 5.78 Å². The highest BCUT2D eigenvalue weighted by atomic mass is 32.2. The summed E-state index contributed by atoms with van der Waals surface area (Å²) in [7, 11) is 0. The predicted molar refractivity (Wildman–Crippen MR) is 97.0 cm³/mol. The van der Waals surface area contributed by atoms with Crippen LogP contribution in [0.1, 0.15) is 23.8 Å². The molecule has 1 aliphatic carbocycles. The number of rotatable bonds is 3. The molecule has 0 N–H and O–H groups in total. The number of hydrogen-bond acceptors (Lipinski definition) is 6. The van der Waals surface area contributed by atoms with Gasteiger partial charge in [-0.05, 0) is 30.7 Å². The first-order valence-electron chi connectivity index (χ1n) is 8.02. The van der Waals surface area contributed by atoms with E-state index in [1.165, 1.54) is 27.1 Å². The van der Waals surface area contributed by atoms with Gasteiger partial charge in [-0.1, -0.05) is 24.8 Å². The van der Waals surface area contributed by atoms with E-state index in [9.17, 15) is 0 Å². The molecule has 4 heterocycles. The second kappa shape index (κ2) is 5.29. The molecule has 6 nitrogen and oxygen atoms in total. The Morgan fingerprint density at radius 3 is 3.25 bits per heavy atom. The lowest BCUT2D eigenvalue weighted by Crippen LogP contribution is -2.08. The van der Waals surface area contributed by atoms with Gasteiger partial charge < -0.3 is 0 Å². The molecular formula is C16H16N6S2. The number of nitrogens with zero attached hydrogens (tertiary/aromatic N) is 6. The molecule has 24 heavy (non-hydrogen) atoms. The van der Waals surface area contributed by atoms with Gasteiger partial charge in [0.05, 0.1) is 5.39 Å². The molecule has 1 atom stereocenters. The molecule has 4 aromatic heterocycles. The fourth-order valence-electron chi connectivity index (χ4n) is 3.49. The van der Waals surface area contributed by atoms with E-state index in [2.05, 4.69) is 38.2 Å². The van der Waals surface area contributed by atoms with E-state index in [1.807, 2.05) is 21.9 Å². The van der Waals surface area contributed by atoms with Crippen LogP contribution in [-0.2, 0) is 12.8 Å². The van der Waals surface area contributed by atoms with Crippen molar-refractivity contribution in [3.8, 4) is 0 Å². The van der Waals surface area contributed by atoms with Crippen LogP contribution in [0.15, 0.2) is 24.1 Å². The fraction of sp³-hybridized carbons (Fsp3) is 0.375. The van der Waals surface area contributed by atoms with Crippen LogP contribution in [0.2, 0.25) is 0 Å². The molecular weight excluding hydrogens is 340 g/mol. The highest BCUT2D eigenvalue weighted by molar-refractivity contribution is 7.99. The van der Waals surface area contributed by atoms with Gasteiger partial charge in [0.2, 0.25) is 0 Å². The number of aryl methyl sites for hydroxylation is 1. The second-order valence-corrected chi connectivity index (χ2v) is 8.32. The third-order valence-corrected chi connectivity index (χ3v) is 6.77. The van der Waals surface area contributed by atoms with Crippen LogP contribution in [0.5, 0.6) is 0 Å². The lowest BCUT2D eigenvalue weighted by Gasteiger charge is -2.17. The molecule has 4 aromatic rings. The normalized spacial score (nSPS) is 17.8. The van der Waals surface area contributed by atoms with Gasteiger partial charge in [-0.15, -0.1) is 28.1 Å². The number of hydrogen-bond donors (Lipinski definition) is 0. The van der Waals surface area contributed by atoms with E-state index < -0.39 is 0 Å². The average Bonchev–Trinajstić information content (AvgIpc) is 3.27. The van der Waals surface area contributed by atoms with Crippen LogP contribution in [0.3, 0.4) is 0 Å². The van der Waals surface area contributed by atoms with Crippen molar-refractivity contribution in [3.63, 3.8) is 0 Å². The number of aromatic nitrogens is 6. The zero-order valence-electron chi connectivity index (χ0n) is 13.3. The van der Waals surface area contributed by atoms with Crippen LogP contribution in [0.4, 0.5) is 0 Å². The molecule has 5 rings (SSSR count). The van der Waals surface area contributed by atoms with E-state index in [0.717, 1.165) is 41.1 Å². The van der Waals surface area contributed by atoms with Crippen molar-refractivity contribution in [2.45, 2.75) is 31.3 Å². The molecule has 0 aliphatic heterocycles. The summed E-state index contributed by atoms with van der Waals surface area (Å²) in [6, 6.07) is 0. The lowest BCUT2D eigenvalue weighted by molar-refractivity contribution is 0.509. The standard InChI is InChI=1S/C16H16N6S2/c1-3-6-23-16-20-19-15-21(16)14-12(13-17-8-18-22(13)15)10-5-4-9(2)7-11(10)24-14/h3,8-9H,1,4-7H2,2H3/t9-/m0/s1. The van der Waals surface area contributed by atoms with Gasteiger partial charge in [0, 0.05) is 10.6 Å². The summed E-state index contributed by atoms with van der Waals surface area (Å²) in [5, 5.41) is 15.3. The van der Waals surface area contributed by atoms with Gasteiger partial charge in [-0.3, -0.25) is 0 Å². The summed E-state index contributed by atoms with van der Waals surface area (Å²) in [6.07, 6.45) is 6.99. The molecule has 122 valence electrons. The second-order valence-electron chi connectivity index (χ2n) is 6.25. The Labute approximate surface area is 146 Å². The molecule has 0 unspecified atom stereocenters. The SMILES string of the molecule is C=CCSc1nnc2n3ncnc3c3c4c(sc3n12)C[C@@H](C)CC4. The van der Waals surface area contributed by atoms with Crippen molar-refractivity contribution >= 4 is 44.7 Å². The molecule has 0 aromatic carbocycles. The quantitative estimate of drug-likeness (QED) is 0.416. The summed E-state index contributed by atoms with van der Waals surface area (Å²) in [4.78, 5) is 7.20. The number of thiophene rings is 1. The monoisotopic (exact) mass is 356 g/mol. The molecule has 0 amide bonds. The zero-order chi connectivity index (χ0) is 16.3. The molecule has 8 heteroatoms. The van der Waals surface area contributed by atoms with Crippen LogP contribution in [0.25, 0.3) is 21.6 Å². The number of thioether (sulfide) groups is 1. The van der Waals surface area contributed by atoms with Crippen LogP contribution in [-0.4, -0.2) is 34.9 Å². The Hall–Kier alpha value is -1.93. The summed E-state index contributed by atoms with van der Waals surface area (Å²) >= 11 is 3.51. The summed E-state index contributed by atoms with van der Waals surface area (Å²) in [5.74, 6) is 2.28. The van der Waals surface area contributed by atoms with E-state index in [0.29, 0.717) is 0 Å². The van der Waals surface area contributed by atoms with Gasteiger partial charge in [0.15, 0.2) is 10.8 Å². The average molecular weight is 356 g/mol. The van der Waals surface area contributed by atoms with Gasteiger partial charge >= 0.3 is 0 Å². The summed E-state index contributed by atoms with van der Waals surface area (Å²) in [6.45, 7) is 6.14. The van der Waals surface area contributed by atoms with E-state index in [-0.39, 0.29) is 0 Å². The topological polar surface area (TPSA) is 60.4 Å². The fourth-order valence-corrected chi connectivity index (χ4v) is 5.72. The molecule has 0 radical (unpaired) electrons. The molecule has 0 spiro atoms. The van der Waals surface area contributed by atoms with Crippen LogP contribution in [0, 0.1) is 5.92 Å².